The minimum atomic E-state index is -3.58. The molecule has 1 aromatic carbocycles. The van der Waals surface area contributed by atoms with Gasteiger partial charge in [0, 0.05) is 31.9 Å². The average Bonchev–Trinajstić information content (AvgIpc) is 2.60. The van der Waals surface area contributed by atoms with Gasteiger partial charge in [0.1, 0.15) is 5.75 Å². The highest BCUT2D eigenvalue weighted by atomic mass is 32.2. The van der Waals surface area contributed by atoms with E-state index >= 15 is 0 Å². The first-order chi connectivity index (χ1) is 12.4. The molecule has 2 heterocycles. The van der Waals surface area contributed by atoms with Gasteiger partial charge in [-0.05, 0) is 37.6 Å². The molecule has 0 amide bonds. The summed E-state index contributed by atoms with van der Waals surface area (Å²) >= 11 is 0. The minimum Gasteiger partial charge on any atom is -0.439 e. The molecule has 1 fully saturated rings. The first kappa shape index (κ1) is 18.8. The van der Waals surface area contributed by atoms with Crippen LogP contribution in [0.5, 0.6) is 11.6 Å². The SMILES string of the molecule is C[C@@H]1CN(S(=O)(=O)NCc2ccnc(Oc3ccccc3)c2)C[C@@H](C)O1. The van der Waals surface area contributed by atoms with Crippen LogP contribution in [0, 0.1) is 0 Å². The summed E-state index contributed by atoms with van der Waals surface area (Å²) in [6.07, 6.45) is 1.35. The molecule has 8 heteroatoms. The number of nitrogens with one attached hydrogen (secondary N) is 1. The van der Waals surface area contributed by atoms with Gasteiger partial charge >= 0.3 is 0 Å². The van der Waals surface area contributed by atoms with Crippen LogP contribution in [-0.4, -0.2) is 43.0 Å². The molecule has 0 bridgehead atoms. The van der Waals surface area contributed by atoms with Gasteiger partial charge in [0.05, 0.1) is 12.2 Å². The lowest BCUT2D eigenvalue weighted by Crippen LogP contribution is -2.51. The van der Waals surface area contributed by atoms with Crippen LogP contribution in [0.4, 0.5) is 0 Å². The molecule has 0 unspecified atom stereocenters. The highest BCUT2D eigenvalue weighted by Gasteiger charge is 2.30. The van der Waals surface area contributed by atoms with Crippen LogP contribution in [0.2, 0.25) is 0 Å². The van der Waals surface area contributed by atoms with Gasteiger partial charge in [0.25, 0.3) is 10.2 Å². The molecule has 1 aromatic heterocycles. The molecule has 3 rings (SSSR count). The zero-order valence-corrected chi connectivity index (χ0v) is 15.6. The number of nitrogens with zero attached hydrogens (tertiary/aromatic N) is 2. The van der Waals surface area contributed by atoms with E-state index in [4.69, 9.17) is 9.47 Å². The summed E-state index contributed by atoms with van der Waals surface area (Å²) in [5.74, 6) is 1.09. The summed E-state index contributed by atoms with van der Waals surface area (Å²) in [6.45, 7) is 4.59. The van der Waals surface area contributed by atoms with Crippen LogP contribution < -0.4 is 9.46 Å². The molecule has 0 aliphatic carbocycles. The first-order valence-corrected chi connectivity index (χ1v) is 9.94. The maximum absolute atomic E-state index is 12.5. The Balaban J connectivity index is 1.63. The number of ether oxygens (including phenoxy) is 2. The molecule has 0 radical (unpaired) electrons. The van der Waals surface area contributed by atoms with Crippen molar-refractivity contribution in [3.8, 4) is 11.6 Å². The quantitative estimate of drug-likeness (QED) is 0.836. The number of benzene rings is 1. The van der Waals surface area contributed by atoms with Gasteiger partial charge in [-0.1, -0.05) is 18.2 Å². The maximum atomic E-state index is 12.5. The van der Waals surface area contributed by atoms with Gasteiger partial charge in [-0.3, -0.25) is 0 Å². The van der Waals surface area contributed by atoms with Gasteiger partial charge in [-0.2, -0.15) is 17.4 Å². The molecule has 2 atom stereocenters. The van der Waals surface area contributed by atoms with Crippen LogP contribution in [0.1, 0.15) is 19.4 Å². The number of hydrogen-bond acceptors (Lipinski definition) is 5. The summed E-state index contributed by atoms with van der Waals surface area (Å²) < 4.78 is 40.4. The van der Waals surface area contributed by atoms with Crippen molar-refractivity contribution in [3.05, 3.63) is 54.2 Å². The second kappa shape index (κ2) is 8.13. The lowest BCUT2D eigenvalue weighted by molar-refractivity contribution is -0.0444. The third-order valence-corrected chi connectivity index (χ3v) is 5.44. The zero-order chi connectivity index (χ0) is 18.6. The Kier molecular flexibility index (Phi) is 5.87. The Morgan fingerprint density at radius 3 is 2.58 bits per heavy atom. The van der Waals surface area contributed by atoms with Crippen molar-refractivity contribution in [2.75, 3.05) is 13.1 Å². The molecular formula is C18H23N3O4S. The largest absolute Gasteiger partial charge is 0.439 e. The lowest BCUT2D eigenvalue weighted by Gasteiger charge is -2.34. The summed E-state index contributed by atoms with van der Waals surface area (Å²) in [7, 11) is -3.58. The first-order valence-electron chi connectivity index (χ1n) is 8.50. The third kappa shape index (κ3) is 5.01. The Bertz CT molecular complexity index is 819. The van der Waals surface area contributed by atoms with E-state index in [0.29, 0.717) is 24.7 Å². The van der Waals surface area contributed by atoms with Crippen molar-refractivity contribution >= 4 is 10.2 Å². The number of pyridine rings is 1. The van der Waals surface area contributed by atoms with E-state index in [-0.39, 0.29) is 18.8 Å². The van der Waals surface area contributed by atoms with Gasteiger partial charge in [0.2, 0.25) is 5.88 Å². The standard InChI is InChI=1S/C18H23N3O4S/c1-14-12-21(13-15(2)24-14)26(22,23)20-11-16-8-9-19-18(10-16)25-17-6-4-3-5-7-17/h3-10,14-15,20H,11-13H2,1-2H3/t14-,15-/m1/s1. The molecule has 2 aromatic rings. The van der Waals surface area contributed by atoms with Crippen LogP contribution in [0.3, 0.4) is 0 Å². The van der Waals surface area contributed by atoms with E-state index < -0.39 is 10.2 Å². The van der Waals surface area contributed by atoms with Crippen molar-refractivity contribution in [3.63, 3.8) is 0 Å². The van der Waals surface area contributed by atoms with Crippen LogP contribution in [0.25, 0.3) is 0 Å². The van der Waals surface area contributed by atoms with E-state index in [1.165, 1.54) is 4.31 Å². The smallest absolute Gasteiger partial charge is 0.279 e. The monoisotopic (exact) mass is 377 g/mol. The van der Waals surface area contributed by atoms with Crippen molar-refractivity contribution in [2.24, 2.45) is 0 Å². The third-order valence-electron chi connectivity index (χ3n) is 3.95. The normalized spacial score (nSPS) is 21.5. The summed E-state index contributed by atoms with van der Waals surface area (Å²) in [6, 6.07) is 12.8. The minimum absolute atomic E-state index is 0.123. The summed E-state index contributed by atoms with van der Waals surface area (Å²) in [5, 5.41) is 0. The molecule has 0 spiro atoms. The second-order valence-corrected chi connectivity index (χ2v) is 8.07. The molecule has 7 nitrogen and oxygen atoms in total. The fourth-order valence-electron chi connectivity index (χ4n) is 2.82. The van der Waals surface area contributed by atoms with Crippen molar-refractivity contribution in [1.29, 1.82) is 0 Å². The highest BCUT2D eigenvalue weighted by Crippen LogP contribution is 2.19. The van der Waals surface area contributed by atoms with Crippen molar-refractivity contribution in [2.45, 2.75) is 32.6 Å². The number of rotatable bonds is 6. The van der Waals surface area contributed by atoms with Gasteiger partial charge in [-0.25, -0.2) is 4.98 Å². The Hall–Kier alpha value is -2.00. The molecule has 140 valence electrons. The topological polar surface area (TPSA) is 80.8 Å². The van der Waals surface area contributed by atoms with Crippen LogP contribution in [0.15, 0.2) is 48.7 Å². The Labute approximate surface area is 154 Å². The molecule has 0 saturated carbocycles. The Morgan fingerprint density at radius 2 is 1.88 bits per heavy atom. The number of morpholine rings is 1. The molecule has 1 saturated heterocycles. The molecular weight excluding hydrogens is 354 g/mol. The van der Waals surface area contributed by atoms with Crippen molar-refractivity contribution in [1.82, 2.24) is 14.0 Å². The average molecular weight is 377 g/mol. The van der Waals surface area contributed by atoms with Gasteiger partial charge in [-0.15, -0.1) is 0 Å². The zero-order valence-electron chi connectivity index (χ0n) is 14.8. The predicted octanol–water partition coefficient (Wildman–Crippen LogP) is 2.32. The molecule has 26 heavy (non-hydrogen) atoms. The molecule has 1 N–H and O–H groups in total. The van der Waals surface area contributed by atoms with Gasteiger partial charge in [0.15, 0.2) is 0 Å². The van der Waals surface area contributed by atoms with E-state index in [1.54, 1.807) is 18.3 Å². The van der Waals surface area contributed by atoms with E-state index in [2.05, 4.69) is 9.71 Å². The summed E-state index contributed by atoms with van der Waals surface area (Å²) in [5.41, 5.74) is 0.767. The van der Waals surface area contributed by atoms with E-state index in [0.717, 1.165) is 5.56 Å². The van der Waals surface area contributed by atoms with Gasteiger partial charge < -0.3 is 9.47 Å². The van der Waals surface area contributed by atoms with E-state index in [9.17, 15) is 8.42 Å². The molecule has 1 aliphatic heterocycles. The second-order valence-electron chi connectivity index (χ2n) is 6.32. The highest BCUT2D eigenvalue weighted by molar-refractivity contribution is 7.87. The fourth-order valence-corrected chi connectivity index (χ4v) is 4.16. The number of aromatic nitrogens is 1. The van der Waals surface area contributed by atoms with Crippen molar-refractivity contribution < 1.29 is 17.9 Å². The van der Waals surface area contributed by atoms with Crippen LogP contribution in [-0.2, 0) is 21.5 Å². The maximum Gasteiger partial charge on any atom is 0.279 e. The fraction of sp³-hybridized carbons (Fsp3) is 0.389. The van der Waals surface area contributed by atoms with E-state index in [1.807, 2.05) is 44.2 Å². The number of para-hydroxylation sites is 1. The number of hydrogen-bond donors (Lipinski definition) is 1. The predicted molar refractivity (Wildman–Crippen MR) is 98.1 cm³/mol. The summed E-state index contributed by atoms with van der Waals surface area (Å²) in [4.78, 5) is 4.16. The molecule has 1 aliphatic rings. The van der Waals surface area contributed by atoms with Crippen LogP contribution >= 0.6 is 0 Å². The lowest BCUT2D eigenvalue weighted by atomic mass is 10.3. The Morgan fingerprint density at radius 1 is 1.19 bits per heavy atom.